The van der Waals surface area contributed by atoms with Gasteiger partial charge in [-0.2, -0.15) is 4.31 Å². The number of rotatable bonds is 4. The quantitative estimate of drug-likeness (QED) is 0.616. The number of amides is 1. The van der Waals surface area contributed by atoms with Gasteiger partial charge in [-0.25, -0.2) is 8.42 Å². The Kier molecular flexibility index (Phi) is 4.06. The molecule has 1 rings (SSSR count). The zero-order chi connectivity index (χ0) is 11.5. The highest BCUT2D eigenvalue weighted by atomic mass is 32.2. The number of hydrogen-bond donors (Lipinski definition) is 2. The van der Waals surface area contributed by atoms with Crippen LogP contribution in [0.15, 0.2) is 0 Å². The number of sulfonamides is 1. The summed E-state index contributed by atoms with van der Waals surface area (Å²) in [5, 5.41) is 8.63. The summed E-state index contributed by atoms with van der Waals surface area (Å²) >= 11 is 0. The largest absolute Gasteiger partial charge is 0.395 e. The Hall–Kier alpha value is -0.660. The van der Waals surface area contributed by atoms with Gasteiger partial charge < -0.3 is 10.8 Å². The van der Waals surface area contributed by atoms with Gasteiger partial charge in [0.25, 0.3) is 0 Å². The minimum atomic E-state index is -3.57. The highest BCUT2D eigenvalue weighted by Crippen LogP contribution is 2.19. The number of nitrogens with zero attached hydrogens (tertiary/aromatic N) is 1. The normalized spacial score (nSPS) is 23.9. The lowest BCUT2D eigenvalue weighted by Gasteiger charge is -2.32. The second-order valence-electron chi connectivity index (χ2n) is 3.38. The molecule has 7 heteroatoms. The van der Waals surface area contributed by atoms with Crippen LogP contribution in [0, 0.1) is 6.42 Å². The van der Waals surface area contributed by atoms with Crippen LogP contribution in [0.5, 0.6) is 0 Å². The van der Waals surface area contributed by atoms with Gasteiger partial charge in [0.15, 0.2) is 0 Å². The molecule has 6 nitrogen and oxygen atoms in total. The molecule has 0 spiro atoms. The number of carbonyl (C=O) groups excluding carboxylic acids is 1. The Labute approximate surface area is 89.1 Å². The predicted octanol–water partition coefficient (Wildman–Crippen LogP) is -1.54. The predicted molar refractivity (Wildman–Crippen MR) is 54.1 cm³/mol. The van der Waals surface area contributed by atoms with Gasteiger partial charge >= 0.3 is 0 Å². The number of carbonyl (C=O) groups is 1. The van der Waals surface area contributed by atoms with Gasteiger partial charge in [-0.15, -0.1) is 0 Å². The van der Waals surface area contributed by atoms with Gasteiger partial charge in [0.05, 0.1) is 12.4 Å². The van der Waals surface area contributed by atoms with Crippen molar-refractivity contribution in [2.45, 2.75) is 18.9 Å². The lowest BCUT2D eigenvalue weighted by molar-refractivity contribution is -0.122. The molecule has 0 aliphatic carbocycles. The first-order chi connectivity index (χ1) is 6.99. The third-order valence-electron chi connectivity index (χ3n) is 2.33. The number of aliphatic hydroxyl groups excluding tert-OH is 1. The zero-order valence-electron chi connectivity index (χ0n) is 8.30. The van der Waals surface area contributed by atoms with Crippen molar-refractivity contribution < 1.29 is 18.3 Å². The molecule has 1 heterocycles. The minimum absolute atomic E-state index is 0.260. The van der Waals surface area contributed by atoms with Gasteiger partial charge in [0, 0.05) is 6.54 Å². The van der Waals surface area contributed by atoms with Crippen molar-refractivity contribution in [3.63, 3.8) is 0 Å². The van der Waals surface area contributed by atoms with Crippen LogP contribution in [0.1, 0.15) is 12.8 Å². The smallest absolute Gasteiger partial charge is 0.235 e. The summed E-state index contributed by atoms with van der Waals surface area (Å²) in [7, 11) is -3.57. The molecule has 0 saturated carbocycles. The van der Waals surface area contributed by atoms with Crippen molar-refractivity contribution in [2.24, 2.45) is 5.73 Å². The lowest BCUT2D eigenvalue weighted by Crippen LogP contribution is -2.51. The average molecular weight is 235 g/mol. The summed E-state index contributed by atoms with van der Waals surface area (Å²) in [5.41, 5.74) is 5.12. The standard InChI is InChI=1S/C8H15N2O4S/c9-8(12)7-3-1-2-4-10(7)15(13,14)6-5-11/h1,7,11H,2-6H2,(H2,9,12). The Morgan fingerprint density at radius 1 is 1.60 bits per heavy atom. The third kappa shape index (κ3) is 2.90. The fourth-order valence-corrected chi connectivity index (χ4v) is 3.02. The van der Waals surface area contributed by atoms with Gasteiger partial charge in [-0.3, -0.25) is 4.79 Å². The molecule has 15 heavy (non-hydrogen) atoms. The SMILES string of the molecule is NC(=O)C1C[CH]CCN1S(=O)(=O)CCO. The highest BCUT2D eigenvalue weighted by molar-refractivity contribution is 7.89. The van der Waals surface area contributed by atoms with Crippen LogP contribution < -0.4 is 5.73 Å². The number of hydrogen-bond acceptors (Lipinski definition) is 4. The molecule has 1 aliphatic rings. The van der Waals surface area contributed by atoms with E-state index in [1.807, 2.05) is 6.42 Å². The second kappa shape index (κ2) is 4.91. The maximum absolute atomic E-state index is 11.6. The van der Waals surface area contributed by atoms with Crippen molar-refractivity contribution >= 4 is 15.9 Å². The molecule has 1 radical (unpaired) electrons. The maximum atomic E-state index is 11.6. The van der Waals surface area contributed by atoms with Crippen molar-refractivity contribution in [1.82, 2.24) is 4.31 Å². The number of nitrogens with two attached hydrogens (primary N) is 1. The molecule has 87 valence electrons. The van der Waals surface area contributed by atoms with Crippen LogP contribution in [-0.2, 0) is 14.8 Å². The van der Waals surface area contributed by atoms with E-state index in [4.69, 9.17) is 10.8 Å². The van der Waals surface area contributed by atoms with E-state index in [9.17, 15) is 13.2 Å². The molecule has 1 fully saturated rings. The summed E-state index contributed by atoms with van der Waals surface area (Å²) in [6.07, 6.45) is 2.80. The van der Waals surface area contributed by atoms with E-state index in [1.165, 1.54) is 0 Å². The van der Waals surface area contributed by atoms with Crippen LogP contribution in [-0.4, -0.2) is 48.7 Å². The molecule has 1 saturated heterocycles. The van der Waals surface area contributed by atoms with E-state index in [1.54, 1.807) is 0 Å². The summed E-state index contributed by atoms with van der Waals surface area (Å²) in [6, 6.07) is -0.796. The molecule has 0 aromatic carbocycles. The Morgan fingerprint density at radius 2 is 2.27 bits per heavy atom. The van der Waals surface area contributed by atoms with Crippen LogP contribution in [0.3, 0.4) is 0 Å². The summed E-state index contributed by atoms with van der Waals surface area (Å²) in [6.45, 7) is -0.191. The molecule has 3 N–H and O–H groups in total. The van der Waals surface area contributed by atoms with Crippen LogP contribution in [0.2, 0.25) is 0 Å². The van der Waals surface area contributed by atoms with Crippen molar-refractivity contribution in [2.75, 3.05) is 18.9 Å². The fraction of sp³-hybridized carbons (Fsp3) is 0.750. The van der Waals surface area contributed by atoms with E-state index >= 15 is 0 Å². The first-order valence-electron chi connectivity index (χ1n) is 4.70. The van der Waals surface area contributed by atoms with Crippen molar-refractivity contribution in [3.05, 3.63) is 6.42 Å². The summed E-state index contributed by atoms with van der Waals surface area (Å²) in [5.74, 6) is -1.01. The molecule has 0 bridgehead atoms. The third-order valence-corrected chi connectivity index (χ3v) is 4.18. The number of primary amides is 1. The molecule has 0 aromatic rings. The fourth-order valence-electron chi connectivity index (χ4n) is 1.59. The molecule has 1 atom stereocenters. The number of aliphatic hydroxyl groups is 1. The highest BCUT2D eigenvalue weighted by Gasteiger charge is 2.34. The van der Waals surface area contributed by atoms with E-state index in [0.29, 0.717) is 12.8 Å². The molecule has 1 amide bonds. The summed E-state index contributed by atoms with van der Waals surface area (Å²) in [4.78, 5) is 11.0. The van der Waals surface area contributed by atoms with Crippen LogP contribution >= 0.6 is 0 Å². The molecule has 1 unspecified atom stereocenters. The zero-order valence-corrected chi connectivity index (χ0v) is 9.11. The van der Waals surface area contributed by atoms with Gasteiger partial charge in [-0.1, -0.05) is 0 Å². The van der Waals surface area contributed by atoms with Gasteiger partial charge in [0.1, 0.15) is 6.04 Å². The Bertz CT molecular complexity index is 328. The average Bonchev–Trinajstić information content (AvgIpc) is 2.17. The van der Waals surface area contributed by atoms with Gasteiger partial charge in [-0.05, 0) is 19.3 Å². The molecule has 0 aromatic heterocycles. The lowest BCUT2D eigenvalue weighted by atomic mass is 10.0. The molecular formula is C8H15N2O4S. The maximum Gasteiger partial charge on any atom is 0.235 e. The second-order valence-corrected chi connectivity index (χ2v) is 5.42. The monoisotopic (exact) mass is 235 g/mol. The number of piperidine rings is 1. The van der Waals surface area contributed by atoms with Gasteiger partial charge in [0.2, 0.25) is 15.9 Å². The Balaban J connectivity index is 2.85. The van der Waals surface area contributed by atoms with E-state index in [-0.39, 0.29) is 12.3 Å². The van der Waals surface area contributed by atoms with E-state index in [0.717, 1.165) is 4.31 Å². The van der Waals surface area contributed by atoms with E-state index in [2.05, 4.69) is 0 Å². The van der Waals surface area contributed by atoms with Crippen molar-refractivity contribution in [3.8, 4) is 0 Å². The van der Waals surface area contributed by atoms with Crippen molar-refractivity contribution in [1.29, 1.82) is 0 Å². The van der Waals surface area contributed by atoms with Crippen LogP contribution in [0.25, 0.3) is 0 Å². The van der Waals surface area contributed by atoms with Crippen LogP contribution in [0.4, 0.5) is 0 Å². The minimum Gasteiger partial charge on any atom is -0.395 e. The van der Waals surface area contributed by atoms with E-state index < -0.39 is 28.6 Å². The molecule has 1 aliphatic heterocycles. The first kappa shape index (κ1) is 12.4. The topological polar surface area (TPSA) is 101 Å². The summed E-state index contributed by atoms with van der Waals surface area (Å²) < 4.78 is 24.4. The molecular weight excluding hydrogens is 220 g/mol. The Morgan fingerprint density at radius 3 is 2.80 bits per heavy atom. The first-order valence-corrected chi connectivity index (χ1v) is 6.31.